The summed E-state index contributed by atoms with van der Waals surface area (Å²) in [5.41, 5.74) is 6.10. The van der Waals surface area contributed by atoms with Crippen molar-refractivity contribution < 1.29 is 9.59 Å². The first-order chi connectivity index (χ1) is 13.8. The van der Waals surface area contributed by atoms with Crippen molar-refractivity contribution in [3.05, 3.63) is 53.1 Å². The number of hydrogen-bond donors (Lipinski definition) is 1. The molecule has 1 aliphatic heterocycles. The van der Waals surface area contributed by atoms with Crippen LogP contribution in [0.3, 0.4) is 0 Å². The lowest BCUT2D eigenvalue weighted by Gasteiger charge is -2.22. The van der Waals surface area contributed by atoms with E-state index in [1.807, 2.05) is 45.0 Å². The van der Waals surface area contributed by atoms with Crippen LogP contribution in [-0.2, 0) is 9.59 Å². The van der Waals surface area contributed by atoms with Gasteiger partial charge >= 0.3 is 0 Å². The zero-order chi connectivity index (χ0) is 21.1. The van der Waals surface area contributed by atoms with Gasteiger partial charge in [-0.25, -0.2) is 0 Å². The van der Waals surface area contributed by atoms with Crippen LogP contribution in [0.2, 0.25) is 0 Å². The van der Waals surface area contributed by atoms with Crippen molar-refractivity contribution in [2.45, 2.75) is 41.0 Å². The van der Waals surface area contributed by atoms with Gasteiger partial charge in [0, 0.05) is 43.1 Å². The molecule has 0 radical (unpaired) electrons. The van der Waals surface area contributed by atoms with Crippen LogP contribution in [0.4, 0.5) is 17.1 Å². The molecule has 1 atom stereocenters. The number of anilines is 3. The van der Waals surface area contributed by atoms with Gasteiger partial charge < -0.3 is 15.1 Å². The highest BCUT2D eigenvalue weighted by atomic mass is 16.2. The second-order valence-electron chi connectivity index (χ2n) is 7.91. The fourth-order valence-electron chi connectivity index (χ4n) is 4.05. The van der Waals surface area contributed by atoms with Gasteiger partial charge in [0.05, 0.1) is 5.92 Å². The minimum atomic E-state index is -0.342. The normalized spacial score (nSPS) is 16.2. The number of carbonyl (C=O) groups excluding carboxylic acids is 2. The van der Waals surface area contributed by atoms with Gasteiger partial charge in [0.25, 0.3) is 0 Å². The standard InChI is InChI=1S/C24H31N3O2/c1-6-26(7-2)20-8-9-22(18(5)13-20)25-24(29)19-14-23(28)27(15-19)21-11-16(3)10-17(4)12-21/h8-13,19H,6-7,14-15H2,1-5H3,(H,25,29). The average molecular weight is 394 g/mol. The molecule has 1 fully saturated rings. The summed E-state index contributed by atoms with van der Waals surface area (Å²) in [5, 5.41) is 3.03. The van der Waals surface area contributed by atoms with Gasteiger partial charge in [-0.05, 0) is 81.6 Å². The first kappa shape index (κ1) is 20.9. The molecular weight excluding hydrogens is 362 g/mol. The van der Waals surface area contributed by atoms with E-state index in [2.05, 4.69) is 36.2 Å². The van der Waals surface area contributed by atoms with Crippen LogP contribution < -0.4 is 15.1 Å². The minimum absolute atomic E-state index is 0.00348. The van der Waals surface area contributed by atoms with Crippen LogP contribution >= 0.6 is 0 Å². The monoisotopic (exact) mass is 393 g/mol. The van der Waals surface area contributed by atoms with Gasteiger partial charge in [-0.15, -0.1) is 0 Å². The number of amides is 2. The van der Waals surface area contributed by atoms with Gasteiger partial charge in [-0.3, -0.25) is 9.59 Å². The fourth-order valence-corrected chi connectivity index (χ4v) is 4.05. The molecule has 0 spiro atoms. The molecule has 154 valence electrons. The summed E-state index contributed by atoms with van der Waals surface area (Å²) in [6, 6.07) is 12.2. The van der Waals surface area contributed by atoms with Crippen molar-refractivity contribution in [3.63, 3.8) is 0 Å². The molecule has 0 saturated carbocycles. The van der Waals surface area contributed by atoms with Crippen LogP contribution in [0.15, 0.2) is 36.4 Å². The summed E-state index contributed by atoms with van der Waals surface area (Å²) in [5.74, 6) is -0.433. The third kappa shape index (κ3) is 4.61. The van der Waals surface area contributed by atoms with Crippen molar-refractivity contribution >= 4 is 28.9 Å². The smallest absolute Gasteiger partial charge is 0.229 e. The lowest BCUT2D eigenvalue weighted by Crippen LogP contribution is -2.28. The number of nitrogens with one attached hydrogen (secondary N) is 1. The molecule has 3 rings (SSSR count). The summed E-state index contributed by atoms with van der Waals surface area (Å²) in [6.45, 7) is 12.6. The molecule has 1 unspecified atom stereocenters. The SMILES string of the molecule is CCN(CC)c1ccc(NC(=O)C2CC(=O)N(c3cc(C)cc(C)c3)C2)c(C)c1. The second-order valence-corrected chi connectivity index (χ2v) is 7.91. The Bertz CT molecular complexity index is 898. The molecule has 2 amide bonds. The topological polar surface area (TPSA) is 52.7 Å². The number of carbonyl (C=O) groups is 2. The Morgan fingerprint density at radius 3 is 2.31 bits per heavy atom. The van der Waals surface area contributed by atoms with Gasteiger partial charge in [0.2, 0.25) is 11.8 Å². The highest BCUT2D eigenvalue weighted by Crippen LogP contribution is 2.29. The second kappa shape index (κ2) is 8.68. The first-order valence-electron chi connectivity index (χ1n) is 10.4. The number of nitrogens with zero attached hydrogens (tertiary/aromatic N) is 2. The molecular formula is C24H31N3O2. The van der Waals surface area contributed by atoms with Crippen molar-refractivity contribution in [2.75, 3.05) is 34.8 Å². The minimum Gasteiger partial charge on any atom is -0.372 e. The molecule has 1 aliphatic rings. The molecule has 1 N–H and O–H groups in total. The Morgan fingerprint density at radius 2 is 1.72 bits per heavy atom. The zero-order valence-corrected chi connectivity index (χ0v) is 18.1. The van der Waals surface area contributed by atoms with Gasteiger partial charge in [-0.2, -0.15) is 0 Å². The molecule has 29 heavy (non-hydrogen) atoms. The van der Waals surface area contributed by atoms with Gasteiger partial charge in [-0.1, -0.05) is 6.07 Å². The number of benzene rings is 2. The van der Waals surface area contributed by atoms with Crippen LogP contribution in [-0.4, -0.2) is 31.4 Å². The Hall–Kier alpha value is -2.82. The number of rotatable bonds is 6. The average Bonchev–Trinajstić information content (AvgIpc) is 3.06. The van der Waals surface area contributed by atoms with Crippen molar-refractivity contribution in [2.24, 2.45) is 5.92 Å². The van der Waals surface area contributed by atoms with E-state index in [-0.39, 0.29) is 24.2 Å². The van der Waals surface area contributed by atoms with E-state index in [1.165, 1.54) is 0 Å². The maximum absolute atomic E-state index is 12.9. The quantitative estimate of drug-likeness (QED) is 0.789. The molecule has 0 aliphatic carbocycles. The summed E-state index contributed by atoms with van der Waals surface area (Å²) < 4.78 is 0. The maximum atomic E-state index is 12.9. The molecule has 5 nitrogen and oxygen atoms in total. The summed E-state index contributed by atoms with van der Waals surface area (Å²) >= 11 is 0. The largest absolute Gasteiger partial charge is 0.372 e. The van der Waals surface area contributed by atoms with E-state index < -0.39 is 0 Å². The summed E-state index contributed by atoms with van der Waals surface area (Å²) in [4.78, 5) is 29.4. The predicted molar refractivity (Wildman–Crippen MR) is 120 cm³/mol. The van der Waals surface area contributed by atoms with Crippen molar-refractivity contribution in [3.8, 4) is 0 Å². The molecule has 0 bridgehead atoms. The van der Waals surface area contributed by atoms with Crippen molar-refractivity contribution in [1.82, 2.24) is 0 Å². The van der Waals surface area contributed by atoms with Crippen LogP contribution in [0, 0.1) is 26.7 Å². The van der Waals surface area contributed by atoms with E-state index in [0.717, 1.165) is 46.8 Å². The van der Waals surface area contributed by atoms with Gasteiger partial charge in [0.15, 0.2) is 0 Å². The zero-order valence-electron chi connectivity index (χ0n) is 18.1. The lowest BCUT2D eigenvalue weighted by molar-refractivity contribution is -0.122. The number of hydrogen-bond acceptors (Lipinski definition) is 3. The van der Waals surface area contributed by atoms with Crippen LogP contribution in [0.1, 0.15) is 37.0 Å². The highest BCUT2D eigenvalue weighted by molar-refractivity contribution is 6.03. The Kier molecular flexibility index (Phi) is 6.26. The molecule has 5 heteroatoms. The molecule has 2 aromatic rings. The molecule has 2 aromatic carbocycles. The maximum Gasteiger partial charge on any atom is 0.229 e. The van der Waals surface area contributed by atoms with E-state index in [1.54, 1.807) is 4.90 Å². The number of aryl methyl sites for hydroxylation is 3. The highest BCUT2D eigenvalue weighted by Gasteiger charge is 2.35. The Morgan fingerprint density at radius 1 is 1.07 bits per heavy atom. The third-order valence-electron chi connectivity index (χ3n) is 5.61. The van der Waals surface area contributed by atoms with E-state index in [0.29, 0.717) is 6.54 Å². The Labute approximate surface area is 173 Å². The fraction of sp³-hybridized carbons (Fsp3) is 0.417. The van der Waals surface area contributed by atoms with Crippen molar-refractivity contribution in [1.29, 1.82) is 0 Å². The van der Waals surface area contributed by atoms with Crippen LogP contribution in [0.5, 0.6) is 0 Å². The summed E-state index contributed by atoms with van der Waals surface area (Å²) in [6.07, 6.45) is 0.245. The van der Waals surface area contributed by atoms with Crippen LogP contribution in [0.25, 0.3) is 0 Å². The molecule has 0 aromatic heterocycles. The van der Waals surface area contributed by atoms with E-state index in [9.17, 15) is 9.59 Å². The lowest BCUT2D eigenvalue weighted by atomic mass is 10.1. The Balaban J connectivity index is 1.71. The molecule has 1 heterocycles. The summed E-state index contributed by atoms with van der Waals surface area (Å²) in [7, 11) is 0. The third-order valence-corrected chi connectivity index (χ3v) is 5.61. The predicted octanol–water partition coefficient (Wildman–Crippen LogP) is 4.45. The molecule has 1 saturated heterocycles. The van der Waals surface area contributed by atoms with E-state index in [4.69, 9.17) is 0 Å². The van der Waals surface area contributed by atoms with Gasteiger partial charge in [0.1, 0.15) is 0 Å². The first-order valence-corrected chi connectivity index (χ1v) is 10.4. The van der Waals surface area contributed by atoms with E-state index >= 15 is 0 Å².